The van der Waals surface area contributed by atoms with E-state index in [1.165, 1.54) is 0 Å². The molecule has 0 aliphatic rings. The minimum absolute atomic E-state index is 0.649. The molecule has 78 valence electrons. The molecule has 0 spiro atoms. The van der Waals surface area contributed by atoms with Gasteiger partial charge in [-0.05, 0) is 11.1 Å². The van der Waals surface area contributed by atoms with Crippen LogP contribution in [0.4, 0.5) is 0 Å². The first-order valence-corrected chi connectivity index (χ1v) is 5.05. The molecule has 0 radical (unpaired) electrons. The lowest BCUT2D eigenvalue weighted by molar-refractivity contribution is 0.236. The third-order valence-electron chi connectivity index (χ3n) is 2.46. The topological polar surface area (TPSA) is 44.0 Å². The summed E-state index contributed by atoms with van der Waals surface area (Å²) in [7, 11) is 0. The smallest absolute Gasteiger partial charge is 0.166 e. The average Bonchev–Trinajstić information content (AvgIpc) is 2.39. The molecule has 1 atom stereocenters. The average molecular weight is 209 g/mol. The van der Waals surface area contributed by atoms with Gasteiger partial charge in [0, 0.05) is 5.56 Å². The van der Waals surface area contributed by atoms with E-state index in [0.29, 0.717) is 5.56 Å². The quantitative estimate of drug-likeness (QED) is 0.773. The highest BCUT2D eigenvalue weighted by Gasteiger charge is 2.11. The Morgan fingerprint density at radius 3 is 2.25 bits per heavy atom. The highest BCUT2D eigenvalue weighted by molar-refractivity contribution is 5.68. The Bertz CT molecular complexity index is 514. The van der Waals surface area contributed by atoms with Gasteiger partial charge in [0.2, 0.25) is 0 Å². The standard InChI is InChI=1S/C14H11NO/c15-10-14(16)13-9-5-4-8-12(13)11-6-2-1-3-7-11/h1-9,14,16H. The molecule has 0 heterocycles. The van der Waals surface area contributed by atoms with E-state index in [2.05, 4.69) is 0 Å². The van der Waals surface area contributed by atoms with E-state index < -0.39 is 6.10 Å². The van der Waals surface area contributed by atoms with Crippen LogP contribution in [0.1, 0.15) is 11.7 Å². The van der Waals surface area contributed by atoms with Gasteiger partial charge in [0.1, 0.15) is 0 Å². The summed E-state index contributed by atoms with van der Waals surface area (Å²) in [6.07, 6.45) is -1.07. The molecule has 2 heteroatoms. The Labute approximate surface area is 94.4 Å². The first-order valence-electron chi connectivity index (χ1n) is 5.05. The summed E-state index contributed by atoms with van der Waals surface area (Å²) in [4.78, 5) is 0. The van der Waals surface area contributed by atoms with E-state index in [9.17, 15) is 5.11 Å². The lowest BCUT2D eigenvalue weighted by atomic mass is 9.97. The second-order valence-electron chi connectivity index (χ2n) is 3.48. The third kappa shape index (κ3) is 1.95. The van der Waals surface area contributed by atoms with Gasteiger partial charge in [-0.1, -0.05) is 54.6 Å². The van der Waals surface area contributed by atoms with E-state index in [1.54, 1.807) is 6.07 Å². The van der Waals surface area contributed by atoms with Crippen LogP contribution in [0, 0.1) is 11.3 Å². The first-order chi connectivity index (χ1) is 7.83. The fourth-order valence-electron chi connectivity index (χ4n) is 1.69. The number of hydrogen-bond donors (Lipinski definition) is 1. The zero-order chi connectivity index (χ0) is 11.4. The second-order valence-corrected chi connectivity index (χ2v) is 3.48. The Morgan fingerprint density at radius 1 is 0.938 bits per heavy atom. The summed E-state index contributed by atoms with van der Waals surface area (Å²) in [5, 5.41) is 18.4. The molecule has 0 saturated carbocycles. The van der Waals surface area contributed by atoms with Crippen LogP contribution >= 0.6 is 0 Å². The normalized spacial score (nSPS) is 11.8. The van der Waals surface area contributed by atoms with Crippen LogP contribution < -0.4 is 0 Å². The molecule has 0 aliphatic heterocycles. The van der Waals surface area contributed by atoms with Crippen molar-refractivity contribution in [2.45, 2.75) is 6.10 Å². The molecule has 2 aromatic rings. The predicted octanol–water partition coefficient (Wildman–Crippen LogP) is 2.91. The van der Waals surface area contributed by atoms with Crippen molar-refractivity contribution in [3.05, 3.63) is 60.2 Å². The molecule has 0 amide bonds. The number of aliphatic hydroxyl groups is 1. The summed E-state index contributed by atoms with van der Waals surface area (Å²) >= 11 is 0. The number of nitrogens with zero attached hydrogens (tertiary/aromatic N) is 1. The predicted molar refractivity (Wildman–Crippen MR) is 62.5 cm³/mol. The van der Waals surface area contributed by atoms with Gasteiger partial charge < -0.3 is 5.11 Å². The molecule has 2 rings (SSSR count). The zero-order valence-electron chi connectivity index (χ0n) is 8.67. The van der Waals surface area contributed by atoms with Crippen LogP contribution in [0.5, 0.6) is 0 Å². The molecule has 2 nitrogen and oxygen atoms in total. The Balaban J connectivity index is 2.54. The van der Waals surface area contributed by atoms with Crippen molar-refractivity contribution < 1.29 is 5.11 Å². The Kier molecular flexibility index (Phi) is 3.00. The number of nitriles is 1. The maximum atomic E-state index is 9.61. The highest BCUT2D eigenvalue weighted by atomic mass is 16.3. The summed E-state index contributed by atoms with van der Waals surface area (Å²) in [6, 6.07) is 19.0. The monoisotopic (exact) mass is 209 g/mol. The molecule has 0 fully saturated rings. The van der Waals surface area contributed by atoms with Crippen molar-refractivity contribution >= 4 is 0 Å². The van der Waals surface area contributed by atoms with Gasteiger partial charge in [-0.2, -0.15) is 5.26 Å². The van der Waals surface area contributed by atoms with Crippen molar-refractivity contribution in [3.63, 3.8) is 0 Å². The second kappa shape index (κ2) is 4.61. The van der Waals surface area contributed by atoms with Crippen molar-refractivity contribution in [1.29, 1.82) is 5.26 Å². The lowest BCUT2D eigenvalue weighted by Crippen LogP contribution is -1.96. The van der Waals surface area contributed by atoms with E-state index in [1.807, 2.05) is 54.6 Å². The van der Waals surface area contributed by atoms with Crippen molar-refractivity contribution in [3.8, 4) is 17.2 Å². The molecular formula is C14H11NO. The van der Waals surface area contributed by atoms with Crippen LogP contribution in [-0.2, 0) is 0 Å². The number of hydrogen-bond acceptors (Lipinski definition) is 2. The molecule has 0 bridgehead atoms. The largest absolute Gasteiger partial charge is 0.374 e. The minimum atomic E-state index is -1.07. The fraction of sp³-hybridized carbons (Fsp3) is 0.0714. The van der Waals surface area contributed by atoms with Gasteiger partial charge in [0.15, 0.2) is 6.10 Å². The number of aliphatic hydroxyl groups excluding tert-OH is 1. The third-order valence-corrected chi connectivity index (χ3v) is 2.46. The van der Waals surface area contributed by atoms with E-state index in [4.69, 9.17) is 5.26 Å². The van der Waals surface area contributed by atoms with E-state index in [0.717, 1.165) is 11.1 Å². The van der Waals surface area contributed by atoms with Gasteiger partial charge >= 0.3 is 0 Å². The van der Waals surface area contributed by atoms with Gasteiger partial charge in [-0.3, -0.25) is 0 Å². The molecule has 16 heavy (non-hydrogen) atoms. The molecule has 0 aromatic heterocycles. The van der Waals surface area contributed by atoms with Gasteiger partial charge in [-0.25, -0.2) is 0 Å². The maximum Gasteiger partial charge on any atom is 0.166 e. The highest BCUT2D eigenvalue weighted by Crippen LogP contribution is 2.27. The molecule has 1 N–H and O–H groups in total. The molecular weight excluding hydrogens is 198 g/mol. The summed E-state index contributed by atoms with van der Waals surface area (Å²) < 4.78 is 0. The van der Waals surface area contributed by atoms with Gasteiger partial charge in [-0.15, -0.1) is 0 Å². The van der Waals surface area contributed by atoms with Crippen LogP contribution in [0.15, 0.2) is 54.6 Å². The van der Waals surface area contributed by atoms with Gasteiger partial charge in [0.05, 0.1) is 6.07 Å². The van der Waals surface area contributed by atoms with E-state index >= 15 is 0 Å². The lowest BCUT2D eigenvalue weighted by Gasteiger charge is -2.10. The van der Waals surface area contributed by atoms with Crippen molar-refractivity contribution in [2.75, 3.05) is 0 Å². The summed E-state index contributed by atoms with van der Waals surface area (Å²) in [5.74, 6) is 0. The Morgan fingerprint density at radius 2 is 1.56 bits per heavy atom. The summed E-state index contributed by atoms with van der Waals surface area (Å²) in [5.41, 5.74) is 2.56. The minimum Gasteiger partial charge on any atom is -0.374 e. The van der Waals surface area contributed by atoms with Crippen molar-refractivity contribution in [1.82, 2.24) is 0 Å². The van der Waals surface area contributed by atoms with E-state index in [-0.39, 0.29) is 0 Å². The number of benzene rings is 2. The van der Waals surface area contributed by atoms with Crippen LogP contribution in [-0.4, -0.2) is 5.11 Å². The summed E-state index contributed by atoms with van der Waals surface area (Å²) in [6.45, 7) is 0. The van der Waals surface area contributed by atoms with Crippen LogP contribution in [0.3, 0.4) is 0 Å². The van der Waals surface area contributed by atoms with Crippen molar-refractivity contribution in [2.24, 2.45) is 0 Å². The SMILES string of the molecule is N#CC(O)c1ccccc1-c1ccccc1. The maximum absolute atomic E-state index is 9.61. The number of rotatable bonds is 2. The van der Waals surface area contributed by atoms with Gasteiger partial charge in [0.25, 0.3) is 0 Å². The zero-order valence-corrected chi connectivity index (χ0v) is 8.67. The molecule has 0 saturated heterocycles. The van der Waals surface area contributed by atoms with Crippen LogP contribution in [0.2, 0.25) is 0 Å². The molecule has 0 aliphatic carbocycles. The Hall–Kier alpha value is -2.11. The molecule has 2 aromatic carbocycles. The van der Waals surface area contributed by atoms with Crippen LogP contribution in [0.25, 0.3) is 11.1 Å². The first kappa shape index (κ1) is 10.4. The molecule has 1 unspecified atom stereocenters. The fourth-order valence-corrected chi connectivity index (χ4v) is 1.69.